The van der Waals surface area contributed by atoms with E-state index >= 15 is 0 Å². The molecule has 9 heteroatoms. The topological polar surface area (TPSA) is 50.5 Å². The molecule has 31 heavy (non-hydrogen) atoms. The second kappa shape index (κ2) is 7.62. The molecule has 1 amide bonds. The number of hydrogen-bond acceptors (Lipinski definition) is 4. The van der Waals surface area contributed by atoms with Gasteiger partial charge in [0.25, 0.3) is 5.91 Å². The molecule has 5 nitrogen and oxygen atoms in total. The van der Waals surface area contributed by atoms with E-state index in [2.05, 4.69) is 10.1 Å². The molecule has 2 aliphatic rings. The number of halogens is 3. The van der Waals surface area contributed by atoms with Gasteiger partial charge in [-0.2, -0.15) is 18.3 Å². The summed E-state index contributed by atoms with van der Waals surface area (Å²) in [5.41, 5.74) is 2.24. The number of thiophene rings is 1. The fourth-order valence-electron chi connectivity index (χ4n) is 4.77. The van der Waals surface area contributed by atoms with Gasteiger partial charge in [0.05, 0.1) is 11.3 Å². The Bertz CT molecular complexity index is 1150. The molecule has 5 rings (SSSR count). The lowest BCUT2D eigenvalue weighted by molar-refractivity contribution is -0.142. The normalized spacial score (nSPS) is 19.6. The number of piperidine rings is 1. The lowest BCUT2D eigenvalue weighted by Gasteiger charge is -2.32. The highest BCUT2D eigenvalue weighted by Crippen LogP contribution is 2.34. The molecule has 164 valence electrons. The molecule has 0 N–H and O–H groups in total. The maximum atomic E-state index is 13.5. The Morgan fingerprint density at radius 1 is 1.19 bits per heavy atom. The molecule has 0 aromatic carbocycles. The van der Waals surface area contributed by atoms with E-state index < -0.39 is 11.9 Å². The number of likely N-dealkylation sites (tertiary alicyclic amines) is 1. The Morgan fingerprint density at radius 3 is 2.81 bits per heavy atom. The van der Waals surface area contributed by atoms with Crippen LogP contribution in [0.1, 0.15) is 69.5 Å². The Morgan fingerprint density at radius 2 is 2.00 bits per heavy atom. The number of aryl methyl sites for hydroxylation is 2. The zero-order chi connectivity index (χ0) is 21.8. The van der Waals surface area contributed by atoms with Gasteiger partial charge >= 0.3 is 6.18 Å². The van der Waals surface area contributed by atoms with E-state index in [9.17, 15) is 18.0 Å². The summed E-state index contributed by atoms with van der Waals surface area (Å²) < 4.78 is 41.3. The van der Waals surface area contributed by atoms with Gasteiger partial charge in [-0.25, -0.2) is 9.50 Å². The first-order valence-corrected chi connectivity index (χ1v) is 11.5. The van der Waals surface area contributed by atoms with E-state index in [4.69, 9.17) is 0 Å². The minimum atomic E-state index is -4.51. The summed E-state index contributed by atoms with van der Waals surface area (Å²) in [6, 6.07) is 2.65. The van der Waals surface area contributed by atoms with Crippen molar-refractivity contribution in [3.05, 3.63) is 50.6 Å². The van der Waals surface area contributed by atoms with Gasteiger partial charge in [-0.1, -0.05) is 0 Å². The predicted octanol–water partition coefficient (Wildman–Crippen LogP) is 5.02. The first-order valence-electron chi connectivity index (χ1n) is 10.6. The first-order chi connectivity index (χ1) is 14.8. The maximum Gasteiger partial charge on any atom is 0.433 e. The molecule has 4 heterocycles. The Hall–Kier alpha value is -2.42. The minimum Gasteiger partial charge on any atom is -0.338 e. The molecule has 1 atom stereocenters. The van der Waals surface area contributed by atoms with Crippen molar-refractivity contribution >= 4 is 22.9 Å². The Kier molecular flexibility index (Phi) is 5.03. The van der Waals surface area contributed by atoms with Crippen LogP contribution in [-0.2, 0) is 19.0 Å². The van der Waals surface area contributed by atoms with Crippen LogP contribution >= 0.6 is 11.3 Å². The highest BCUT2D eigenvalue weighted by Gasteiger charge is 2.36. The molecule has 3 aromatic rings. The van der Waals surface area contributed by atoms with Crippen molar-refractivity contribution in [1.82, 2.24) is 19.5 Å². The number of carbonyl (C=O) groups is 1. The summed E-state index contributed by atoms with van der Waals surface area (Å²) >= 11 is 1.67. The Labute approximate surface area is 181 Å². The number of amides is 1. The van der Waals surface area contributed by atoms with Gasteiger partial charge in [0, 0.05) is 41.0 Å². The van der Waals surface area contributed by atoms with Crippen LogP contribution in [0.2, 0.25) is 0 Å². The molecule has 1 aliphatic heterocycles. The van der Waals surface area contributed by atoms with Crippen LogP contribution < -0.4 is 0 Å². The van der Waals surface area contributed by atoms with E-state index in [1.165, 1.54) is 16.9 Å². The van der Waals surface area contributed by atoms with Crippen molar-refractivity contribution < 1.29 is 18.0 Å². The lowest BCUT2D eigenvalue weighted by atomic mass is 9.92. The number of hydrogen-bond donors (Lipinski definition) is 0. The van der Waals surface area contributed by atoms with Crippen LogP contribution in [0.3, 0.4) is 0 Å². The number of alkyl halides is 3. The van der Waals surface area contributed by atoms with Crippen LogP contribution in [0.25, 0.3) is 5.65 Å². The predicted molar refractivity (Wildman–Crippen MR) is 112 cm³/mol. The van der Waals surface area contributed by atoms with Crippen molar-refractivity contribution in [3.63, 3.8) is 0 Å². The highest BCUT2D eigenvalue weighted by molar-refractivity contribution is 7.10. The number of nitrogens with zero attached hydrogens (tertiary/aromatic N) is 4. The summed E-state index contributed by atoms with van der Waals surface area (Å²) in [6.07, 6.45) is 1.36. The third kappa shape index (κ3) is 3.73. The van der Waals surface area contributed by atoms with Crippen LogP contribution in [0, 0.1) is 6.92 Å². The van der Waals surface area contributed by atoms with Crippen molar-refractivity contribution in [2.75, 3.05) is 13.1 Å². The van der Waals surface area contributed by atoms with Crippen LogP contribution in [-0.4, -0.2) is 38.5 Å². The second-order valence-corrected chi connectivity index (χ2v) is 9.43. The molecule has 0 saturated carbocycles. The molecule has 3 aromatic heterocycles. The number of carbonyl (C=O) groups excluding carboxylic acids is 1. The fraction of sp³-hybridized carbons (Fsp3) is 0.500. The first kappa shape index (κ1) is 20.5. The van der Waals surface area contributed by atoms with Crippen molar-refractivity contribution in [3.8, 4) is 0 Å². The molecule has 0 radical (unpaired) electrons. The SMILES string of the molecule is Cc1cc(C(F)(F)F)n2nc([C@@H]3CCCN(C(=O)c4csc5c4CCCC5)C3)cc2n1. The number of aromatic nitrogens is 3. The van der Waals surface area contributed by atoms with Gasteiger partial charge in [0.2, 0.25) is 0 Å². The van der Waals surface area contributed by atoms with Crippen LogP contribution in [0.4, 0.5) is 13.2 Å². The van der Waals surface area contributed by atoms with E-state index in [0.29, 0.717) is 24.5 Å². The van der Waals surface area contributed by atoms with E-state index in [-0.39, 0.29) is 17.5 Å². The smallest absolute Gasteiger partial charge is 0.338 e. The van der Waals surface area contributed by atoms with Gasteiger partial charge in [0.1, 0.15) is 5.69 Å². The summed E-state index contributed by atoms with van der Waals surface area (Å²) in [5.74, 6) is -0.0620. The summed E-state index contributed by atoms with van der Waals surface area (Å²) in [5, 5.41) is 6.25. The number of rotatable bonds is 2. The minimum absolute atomic E-state index is 0.0396. The van der Waals surface area contributed by atoms with Gasteiger partial charge in [-0.3, -0.25) is 4.79 Å². The summed E-state index contributed by atoms with van der Waals surface area (Å²) in [7, 11) is 0. The third-order valence-corrected chi connectivity index (χ3v) is 7.37. The van der Waals surface area contributed by atoms with Crippen molar-refractivity contribution in [2.45, 2.75) is 57.5 Å². The average molecular weight is 449 g/mol. The van der Waals surface area contributed by atoms with Gasteiger partial charge in [0.15, 0.2) is 5.65 Å². The Balaban J connectivity index is 1.42. The summed E-state index contributed by atoms with van der Waals surface area (Å²) in [4.78, 5) is 20.7. The summed E-state index contributed by atoms with van der Waals surface area (Å²) in [6.45, 7) is 2.68. The van der Waals surface area contributed by atoms with Crippen molar-refractivity contribution in [2.24, 2.45) is 0 Å². The molecule has 0 unspecified atom stereocenters. The van der Waals surface area contributed by atoms with Gasteiger partial charge < -0.3 is 4.90 Å². The highest BCUT2D eigenvalue weighted by atomic mass is 32.1. The quantitative estimate of drug-likeness (QED) is 0.553. The molecule has 0 spiro atoms. The molecule has 1 saturated heterocycles. The van der Waals surface area contributed by atoms with E-state index in [1.807, 2.05) is 10.3 Å². The second-order valence-electron chi connectivity index (χ2n) is 8.47. The molecule has 0 bridgehead atoms. The monoisotopic (exact) mass is 448 g/mol. The maximum absolute atomic E-state index is 13.5. The molecular formula is C22H23F3N4OS. The van der Waals surface area contributed by atoms with Gasteiger partial charge in [-0.15, -0.1) is 11.3 Å². The van der Waals surface area contributed by atoms with Crippen LogP contribution in [0.15, 0.2) is 17.5 Å². The number of fused-ring (bicyclic) bond motifs is 2. The molecule has 1 aliphatic carbocycles. The zero-order valence-electron chi connectivity index (χ0n) is 17.2. The average Bonchev–Trinajstić information content (AvgIpc) is 3.36. The zero-order valence-corrected chi connectivity index (χ0v) is 18.0. The van der Waals surface area contributed by atoms with E-state index in [0.717, 1.165) is 48.2 Å². The molecular weight excluding hydrogens is 425 g/mol. The third-order valence-electron chi connectivity index (χ3n) is 6.28. The lowest BCUT2D eigenvalue weighted by Crippen LogP contribution is -2.39. The van der Waals surface area contributed by atoms with Crippen LogP contribution in [0.5, 0.6) is 0 Å². The molecule has 1 fully saturated rings. The van der Waals surface area contributed by atoms with E-state index in [1.54, 1.807) is 24.3 Å². The fourth-order valence-corrected chi connectivity index (χ4v) is 5.89. The largest absolute Gasteiger partial charge is 0.433 e. The van der Waals surface area contributed by atoms with Crippen molar-refractivity contribution in [1.29, 1.82) is 0 Å². The standard InChI is InChI=1S/C22H23F3N4OS/c1-13-9-19(22(23,24)25)29-20(26-13)10-17(27-29)14-5-4-8-28(11-14)21(30)16-12-31-18-7-3-2-6-15(16)18/h9-10,12,14H,2-8,11H2,1H3/t14-/m1/s1. The van der Waals surface area contributed by atoms with Gasteiger partial charge in [-0.05, 0) is 57.1 Å².